The third kappa shape index (κ3) is 34.6. The summed E-state index contributed by atoms with van der Waals surface area (Å²) in [6.07, 6.45) is 52.6. The van der Waals surface area contributed by atoms with Gasteiger partial charge in [0.15, 0.2) is 0 Å². The smallest absolute Gasteiger partial charge is 0.124 e. The predicted molar refractivity (Wildman–Crippen MR) is 618 cm³/mol. The number of likely N-dealkylation sites (tertiary alicyclic amines) is 12. The molecule has 12 spiro atoms. The van der Waals surface area contributed by atoms with Gasteiger partial charge in [0.1, 0.15) is 11.4 Å². The van der Waals surface area contributed by atoms with Gasteiger partial charge < -0.3 is 86.2 Å². The van der Waals surface area contributed by atoms with Crippen molar-refractivity contribution in [2.45, 2.75) is 540 Å². The van der Waals surface area contributed by atoms with Gasteiger partial charge in [-0.25, -0.2) is 0 Å². The van der Waals surface area contributed by atoms with Crippen molar-refractivity contribution in [3.8, 4) is 0 Å². The van der Waals surface area contributed by atoms with E-state index in [2.05, 4.69) is 225 Å². The van der Waals surface area contributed by atoms with Crippen LogP contribution >= 0.6 is 0 Å². The van der Waals surface area contributed by atoms with Gasteiger partial charge in [0.05, 0.1) is 107 Å². The Morgan fingerprint density at radius 3 is 0.747 bits per heavy atom. The van der Waals surface area contributed by atoms with Gasteiger partial charge >= 0.3 is 0 Å². The summed E-state index contributed by atoms with van der Waals surface area (Å²) in [5.41, 5.74) is 4.61. The molecule has 24 fully saturated rings. The number of nitrogens with zero attached hydrogens (tertiary/aromatic N) is 12. The maximum absolute atomic E-state index is 5.98. The van der Waals surface area contributed by atoms with Gasteiger partial charge in [0.25, 0.3) is 0 Å². The van der Waals surface area contributed by atoms with Crippen LogP contribution in [0.4, 0.5) is 0 Å². The molecular weight excluding hydrogens is 1870 g/mol. The molecule has 24 saturated heterocycles. The Morgan fingerprint density at radius 1 is 0.147 bits per heavy atom. The van der Waals surface area contributed by atoms with Crippen molar-refractivity contribution in [3.63, 3.8) is 0 Å². The summed E-state index contributed by atoms with van der Waals surface area (Å²) in [7, 11) is 0. The largest absolute Gasteiger partial charge is 0.381 e. The van der Waals surface area contributed by atoms with Crippen LogP contribution < -0.4 is 0 Å². The molecule has 0 N–H and O–H groups in total. The molecule has 24 aliphatic heterocycles. The molecule has 6 unspecified atom stereocenters. The van der Waals surface area contributed by atoms with Crippen LogP contribution in [0.25, 0.3) is 0 Å². The number of hydrogen-bond acceptors (Lipinski definition) is 24. The standard InChI is InChI=1S/6C11H21NO.6C10H19NO/c1-10(2)12-6-3-11(4-7-12)5-8-13-9-11;1-10(2)12-7-3-5-11(9-12)6-4-8-13-11;1-10(2)12-7-5-11(6-8-12)4-3-9-13-11;1-10(2)12-6-3-4-11(8-12)5-7-13-9-11;1-10(2)12-8-4-3-6-11(12)7-5-9-13-11;1-10(2)12-7-4-3-5-11(12)6-8-13-9-11;1-9(2)11-6-3-10(4-7-11)5-8-12-10;1-9(2)11-5-3-10(4-6-11)7-12-8-10;1-9(2)11-6-3-4-10(8-11)5-7-12-10;1-9(2)11-5-3-4-10(6-11)7-12-8-10;1-9(2)11-7-4-3-5-10(11)6-8-12-10;1-9(2)11-6-4-3-5-10(11)7-12-8-10/h6*10H,3-9H2,1-2H3;6*9H,3-8H2,1-2H3. The van der Waals surface area contributed by atoms with Crippen molar-refractivity contribution in [1.29, 1.82) is 0 Å². The van der Waals surface area contributed by atoms with E-state index in [9.17, 15) is 0 Å². The monoisotopic (exact) mass is 2110 g/mol. The third-order valence-electron chi connectivity index (χ3n) is 41.3. The fourth-order valence-corrected chi connectivity index (χ4v) is 30.4. The summed E-state index contributed by atoms with van der Waals surface area (Å²) in [4.78, 5) is 31.0. The van der Waals surface area contributed by atoms with Gasteiger partial charge in [-0.3, -0.25) is 29.4 Å². The Labute approximate surface area is 922 Å². The lowest BCUT2D eigenvalue weighted by atomic mass is 9.76. The van der Waals surface area contributed by atoms with Crippen LogP contribution in [0.5, 0.6) is 0 Å². The van der Waals surface area contributed by atoms with Crippen LogP contribution in [0, 0.1) is 21.7 Å². The summed E-state index contributed by atoms with van der Waals surface area (Å²) < 4.78 is 67.5. The lowest BCUT2D eigenvalue weighted by Crippen LogP contribution is -2.65. The minimum absolute atomic E-state index is 0.145. The van der Waals surface area contributed by atoms with Gasteiger partial charge in [0.2, 0.25) is 0 Å². The van der Waals surface area contributed by atoms with Gasteiger partial charge in [-0.1, -0.05) is 12.8 Å². The molecule has 6 atom stereocenters. The second-order valence-electron chi connectivity index (χ2n) is 55.8. The zero-order chi connectivity index (χ0) is 107. The topological polar surface area (TPSA) is 150 Å². The third-order valence-corrected chi connectivity index (χ3v) is 41.3. The molecule has 876 valence electrons. The van der Waals surface area contributed by atoms with E-state index >= 15 is 0 Å². The Bertz CT molecular complexity index is 3420. The Morgan fingerprint density at radius 2 is 0.427 bits per heavy atom. The minimum Gasteiger partial charge on any atom is -0.381 e. The first-order chi connectivity index (χ1) is 71.7. The highest BCUT2D eigenvalue weighted by atomic mass is 16.6. The second kappa shape index (κ2) is 58.9. The number of piperidine rings is 12. The van der Waals surface area contributed by atoms with Crippen molar-refractivity contribution in [1.82, 2.24) is 58.8 Å². The lowest BCUT2D eigenvalue weighted by Gasteiger charge is -2.54. The average Bonchev–Trinajstić information content (AvgIpc) is 0.970. The van der Waals surface area contributed by atoms with Gasteiger partial charge in [-0.15, -0.1) is 0 Å². The fourth-order valence-electron chi connectivity index (χ4n) is 30.4. The maximum atomic E-state index is 5.98. The van der Waals surface area contributed by atoms with E-state index in [-0.39, 0.29) is 22.7 Å². The second-order valence-corrected chi connectivity index (χ2v) is 55.8. The fraction of sp³-hybridized carbons (Fsp3) is 1.00. The predicted octanol–water partition coefficient (Wildman–Crippen LogP) is 22.3. The van der Waals surface area contributed by atoms with Crippen LogP contribution in [0.15, 0.2) is 0 Å². The molecule has 0 amide bonds. The first-order valence-corrected chi connectivity index (χ1v) is 64.0. The molecule has 24 heterocycles. The van der Waals surface area contributed by atoms with Crippen molar-refractivity contribution in [3.05, 3.63) is 0 Å². The zero-order valence-electron chi connectivity index (χ0n) is 102. The summed E-state index contributed by atoms with van der Waals surface area (Å²) in [6, 6.07) is 8.30. The molecular formula is C126H240N12O12. The van der Waals surface area contributed by atoms with Crippen LogP contribution in [0.2, 0.25) is 0 Å². The van der Waals surface area contributed by atoms with E-state index in [4.69, 9.17) is 56.8 Å². The summed E-state index contributed by atoms with van der Waals surface area (Å²) >= 11 is 0. The highest BCUT2D eigenvalue weighted by molar-refractivity contribution is 5.05. The van der Waals surface area contributed by atoms with E-state index in [1.807, 2.05) is 0 Å². The molecule has 0 radical (unpaired) electrons. The van der Waals surface area contributed by atoms with Crippen molar-refractivity contribution < 1.29 is 56.8 Å². The van der Waals surface area contributed by atoms with E-state index in [1.54, 1.807) is 0 Å². The van der Waals surface area contributed by atoms with Crippen molar-refractivity contribution >= 4 is 0 Å². The molecule has 0 saturated carbocycles. The Hall–Kier alpha value is -0.960. The molecule has 0 aliphatic carbocycles. The quantitative estimate of drug-likeness (QED) is 0.182. The normalized spacial score (nSPS) is 32.9. The molecule has 24 aliphatic rings. The van der Waals surface area contributed by atoms with E-state index < -0.39 is 0 Å². The molecule has 0 bridgehead atoms. The minimum atomic E-state index is 0.145. The van der Waals surface area contributed by atoms with Gasteiger partial charge in [-0.2, -0.15) is 0 Å². The lowest BCUT2D eigenvalue weighted by molar-refractivity contribution is -0.261. The highest BCUT2D eigenvalue weighted by Crippen LogP contribution is 2.48. The summed E-state index contributed by atoms with van der Waals surface area (Å²) in [5, 5.41) is 0. The van der Waals surface area contributed by atoms with Crippen LogP contribution in [-0.4, -0.2) is 426 Å². The first-order valence-electron chi connectivity index (χ1n) is 64.0. The van der Waals surface area contributed by atoms with Crippen LogP contribution in [0.3, 0.4) is 0 Å². The van der Waals surface area contributed by atoms with Crippen molar-refractivity contribution in [2.24, 2.45) is 21.7 Å². The molecule has 0 aromatic carbocycles. The molecule has 24 heteroatoms. The number of hydrogen-bond donors (Lipinski definition) is 0. The van der Waals surface area contributed by atoms with Crippen LogP contribution in [-0.2, 0) is 56.8 Å². The maximum Gasteiger partial charge on any atom is 0.124 e. The van der Waals surface area contributed by atoms with Crippen LogP contribution in [0.1, 0.15) is 423 Å². The summed E-state index contributed by atoms with van der Waals surface area (Å²) in [5.74, 6) is 0. The first kappa shape index (κ1) is 126. The highest BCUT2D eigenvalue weighted by Gasteiger charge is 2.53. The number of rotatable bonds is 12. The zero-order valence-corrected chi connectivity index (χ0v) is 102. The molecule has 0 aromatic rings. The molecule has 24 rings (SSSR count). The Kier molecular flexibility index (Phi) is 49.5. The van der Waals surface area contributed by atoms with E-state index in [1.165, 1.54) is 388 Å². The van der Waals surface area contributed by atoms with E-state index in [0.29, 0.717) is 104 Å². The molecule has 150 heavy (non-hydrogen) atoms. The van der Waals surface area contributed by atoms with Crippen molar-refractivity contribution in [2.75, 3.05) is 250 Å². The van der Waals surface area contributed by atoms with Gasteiger partial charge in [0, 0.05) is 212 Å². The van der Waals surface area contributed by atoms with E-state index in [0.717, 1.165) is 131 Å². The van der Waals surface area contributed by atoms with Gasteiger partial charge in [-0.05, 0) is 468 Å². The average molecular weight is 2120 g/mol. The summed E-state index contributed by atoms with van der Waals surface area (Å²) in [6.45, 7) is 97.9. The molecule has 0 aromatic heterocycles. The molecule has 24 nitrogen and oxygen atoms in total. The SMILES string of the molecule is CC(C)N1CCC2(CC1)COC2.CC(C)N1CCC2(CCCO2)CC1.CC(C)N1CCC2(CCO2)CC1.CC(C)N1CCC2(CCOC2)CC1.CC(C)N1CCCC2(CCCO2)C1.CC(C)N1CCCC2(CCO2)C1.CC(C)N1CCCC2(CCOC2)C1.CC(C)N1CCCC2(COC2)C1.CC(C)N1CCCCC12CCCO2.CC(C)N1CCCCC12CCO2.CC(C)N1CCCCC12CCOC2.CC(C)N1CCCCC12COC2. The number of ether oxygens (including phenoxy) is 12. The Balaban J connectivity index is 0.000000136.